The Morgan fingerprint density at radius 2 is 1.97 bits per heavy atom. The summed E-state index contributed by atoms with van der Waals surface area (Å²) in [6, 6.07) is 10.2. The molecule has 2 aliphatic rings. The molecular weight excluding hydrogens is 505 g/mol. The zero-order chi connectivity index (χ0) is 26.1. The molecule has 3 heterocycles. The highest BCUT2D eigenvalue weighted by Gasteiger charge is 2.59. The van der Waals surface area contributed by atoms with Crippen molar-refractivity contribution in [2.45, 2.75) is 70.6 Å². The number of fused-ring (bicyclic) bond motifs is 1. The Labute approximate surface area is 214 Å². The zero-order valence-electron chi connectivity index (χ0n) is 20.2. The molecule has 1 aromatic heterocycles. The number of nitrogens with one attached hydrogen (secondary N) is 1. The Morgan fingerprint density at radius 1 is 1.27 bits per heavy atom. The van der Waals surface area contributed by atoms with Gasteiger partial charge in [0.2, 0.25) is 0 Å². The van der Waals surface area contributed by atoms with E-state index in [2.05, 4.69) is 4.98 Å². The predicted molar refractivity (Wildman–Crippen MR) is 134 cm³/mol. The fourth-order valence-electron chi connectivity index (χ4n) is 4.31. The van der Waals surface area contributed by atoms with Crippen LogP contribution in [0.25, 0.3) is 0 Å². The maximum Gasteiger partial charge on any atom is 0.475 e. The molecule has 4 rings (SSSR count). The van der Waals surface area contributed by atoms with Gasteiger partial charge in [-0.2, -0.15) is 0 Å². The van der Waals surface area contributed by atoms with Crippen LogP contribution in [0.5, 0.6) is 0 Å². The number of aromatic nitrogens is 2. The molecule has 2 fully saturated rings. The molecule has 3 N–H and O–H groups in total. The first-order valence-corrected chi connectivity index (χ1v) is 13.0. The lowest BCUT2D eigenvalue weighted by Crippen LogP contribution is -2.55. The third-order valence-corrected chi connectivity index (χ3v) is 7.47. The Hall–Kier alpha value is -2.60. The predicted octanol–water partition coefficient (Wildman–Crippen LogP) is 2.45. The van der Waals surface area contributed by atoms with Gasteiger partial charge in [0.15, 0.2) is 6.23 Å². The Kier molecular flexibility index (Phi) is 8.94. The maximum atomic E-state index is 13.3. The van der Waals surface area contributed by atoms with E-state index in [0.717, 1.165) is 10.1 Å². The normalized spacial score (nSPS) is 29.8. The lowest BCUT2D eigenvalue weighted by atomic mass is 9.93. The van der Waals surface area contributed by atoms with Gasteiger partial charge in [0.25, 0.3) is 5.56 Å². The molecule has 1 aromatic carbocycles. The zero-order valence-corrected chi connectivity index (χ0v) is 21.1. The van der Waals surface area contributed by atoms with Crippen LogP contribution in [0.15, 0.2) is 52.2 Å². The smallest absolute Gasteiger partial charge is 0.463 e. The molecule has 37 heavy (non-hydrogen) atoms. The van der Waals surface area contributed by atoms with E-state index in [1.807, 2.05) is 18.2 Å². The molecule has 0 radical (unpaired) electrons. The highest BCUT2D eigenvalue weighted by atomic mass is 31.2. The van der Waals surface area contributed by atoms with Crippen LogP contribution in [0.1, 0.15) is 52.3 Å². The summed E-state index contributed by atoms with van der Waals surface area (Å²) in [5.74, 6) is -1.06. The third kappa shape index (κ3) is 6.28. The molecule has 13 heteroatoms. The monoisotopic (exact) mass is 539 g/mol. The van der Waals surface area contributed by atoms with Gasteiger partial charge in [-0.1, -0.05) is 37.8 Å². The van der Waals surface area contributed by atoms with E-state index >= 15 is 0 Å². The van der Waals surface area contributed by atoms with E-state index in [4.69, 9.17) is 28.8 Å². The molecule has 2 saturated heterocycles. The standard InChI is InChI=1S/C23H30N3O9P.CH4/c1-14(2)33-20(28)16(15-7-5-4-6-8-15)10-12-31-36(30)32-13-17-19(35-36)23(3,24)21(34-17)26-11-9-18(27)25-22(26)29;/h4-9,11,14,16-17,19,21H,10,12-13,24H2,1-3H3,(H,25,27,29);1H4/t16?,17-,19-,21-,23-,36-;/m1./s1. The molecule has 0 spiro atoms. The van der Waals surface area contributed by atoms with Crippen molar-refractivity contribution < 1.29 is 32.4 Å². The summed E-state index contributed by atoms with van der Waals surface area (Å²) >= 11 is 0. The number of rotatable bonds is 8. The topological polar surface area (TPSA) is 161 Å². The number of esters is 1. The quantitative estimate of drug-likeness (QED) is 0.376. The number of phosphoric ester groups is 1. The van der Waals surface area contributed by atoms with E-state index in [1.54, 1.807) is 32.9 Å². The van der Waals surface area contributed by atoms with Crippen molar-refractivity contribution in [3.8, 4) is 0 Å². The molecule has 0 saturated carbocycles. The van der Waals surface area contributed by atoms with Crippen LogP contribution >= 0.6 is 7.82 Å². The van der Waals surface area contributed by atoms with Gasteiger partial charge in [-0.3, -0.25) is 32.7 Å². The van der Waals surface area contributed by atoms with Crippen molar-refractivity contribution in [3.63, 3.8) is 0 Å². The van der Waals surface area contributed by atoms with Crippen molar-refractivity contribution in [2.24, 2.45) is 5.73 Å². The van der Waals surface area contributed by atoms with Gasteiger partial charge in [0, 0.05) is 12.3 Å². The molecule has 1 unspecified atom stereocenters. The summed E-state index contributed by atoms with van der Waals surface area (Å²) in [6.45, 7) is 4.84. The number of carbonyl (C=O) groups is 1. The average molecular weight is 540 g/mol. The fraction of sp³-hybridized carbons (Fsp3) is 0.542. The summed E-state index contributed by atoms with van der Waals surface area (Å²) in [5.41, 5.74) is 4.64. The van der Waals surface area contributed by atoms with Gasteiger partial charge >= 0.3 is 19.5 Å². The van der Waals surface area contributed by atoms with Crippen LogP contribution in [0, 0.1) is 0 Å². The highest BCUT2D eigenvalue weighted by Crippen LogP contribution is 2.58. The first kappa shape index (κ1) is 29.0. The van der Waals surface area contributed by atoms with Crippen molar-refractivity contribution in [1.29, 1.82) is 0 Å². The number of carbonyl (C=O) groups excluding carboxylic acids is 1. The summed E-state index contributed by atoms with van der Waals surface area (Å²) in [5, 5.41) is 0. The summed E-state index contributed by atoms with van der Waals surface area (Å²) in [7, 11) is -4.06. The Balaban J connectivity index is 0.00000380. The molecule has 12 nitrogen and oxygen atoms in total. The van der Waals surface area contributed by atoms with Crippen LogP contribution in [-0.4, -0.2) is 52.6 Å². The number of hydrogen-bond donors (Lipinski definition) is 2. The molecule has 0 aliphatic carbocycles. The molecule has 0 bridgehead atoms. The van der Waals surface area contributed by atoms with Crippen LogP contribution in [-0.2, 0) is 32.4 Å². The van der Waals surface area contributed by atoms with Crippen molar-refractivity contribution in [2.75, 3.05) is 13.2 Å². The number of phosphoric acid groups is 1. The van der Waals surface area contributed by atoms with Crippen molar-refractivity contribution in [1.82, 2.24) is 9.55 Å². The Morgan fingerprint density at radius 3 is 2.62 bits per heavy atom. The van der Waals surface area contributed by atoms with Crippen LogP contribution in [0.3, 0.4) is 0 Å². The van der Waals surface area contributed by atoms with E-state index in [-0.39, 0.29) is 33.2 Å². The van der Waals surface area contributed by atoms with Gasteiger partial charge in [-0.05, 0) is 32.8 Å². The number of benzene rings is 1. The number of ether oxygens (including phenoxy) is 2. The first-order chi connectivity index (χ1) is 17.0. The van der Waals surface area contributed by atoms with Crippen LogP contribution < -0.4 is 17.0 Å². The SMILES string of the molecule is C.CC(C)OC(=O)C(CCO[P@]1(=O)OC[C@H]2O[C@@H](n3ccc(=O)[nH]c3=O)[C@](C)(N)[C@@H]2O1)c1ccccc1. The Bertz CT molecular complexity index is 1240. The minimum absolute atomic E-state index is 0. The number of H-pyrrole nitrogens is 1. The first-order valence-electron chi connectivity index (χ1n) is 11.6. The summed E-state index contributed by atoms with van der Waals surface area (Å²) < 4.78 is 42.3. The number of nitrogens with zero attached hydrogens (tertiary/aromatic N) is 1. The maximum absolute atomic E-state index is 13.3. The minimum Gasteiger partial charge on any atom is -0.463 e. The minimum atomic E-state index is -4.06. The van der Waals surface area contributed by atoms with Crippen molar-refractivity contribution in [3.05, 3.63) is 69.0 Å². The third-order valence-electron chi connectivity index (χ3n) is 6.02. The molecule has 0 amide bonds. The van der Waals surface area contributed by atoms with E-state index < -0.39 is 54.9 Å². The lowest BCUT2D eigenvalue weighted by Gasteiger charge is -2.35. The molecule has 2 aromatic rings. The van der Waals surface area contributed by atoms with Gasteiger partial charge in [0.1, 0.15) is 12.2 Å². The second kappa shape index (κ2) is 11.4. The lowest BCUT2D eigenvalue weighted by molar-refractivity contribution is -0.149. The van der Waals surface area contributed by atoms with Crippen LogP contribution in [0.2, 0.25) is 0 Å². The van der Waals surface area contributed by atoms with E-state index in [0.29, 0.717) is 0 Å². The summed E-state index contributed by atoms with van der Waals surface area (Å²) in [4.78, 5) is 38.5. The highest BCUT2D eigenvalue weighted by molar-refractivity contribution is 7.48. The van der Waals surface area contributed by atoms with E-state index in [1.165, 1.54) is 12.3 Å². The van der Waals surface area contributed by atoms with Gasteiger partial charge < -0.3 is 15.2 Å². The molecule has 204 valence electrons. The number of nitrogens with two attached hydrogens (primary N) is 1. The van der Waals surface area contributed by atoms with E-state index in [9.17, 15) is 18.9 Å². The molecular formula is C24H34N3O9P. The van der Waals surface area contributed by atoms with Crippen molar-refractivity contribution >= 4 is 13.8 Å². The summed E-state index contributed by atoms with van der Waals surface area (Å²) in [6.07, 6.45) is -1.53. The molecule has 6 atom stereocenters. The second-order valence-electron chi connectivity index (χ2n) is 9.25. The van der Waals surface area contributed by atoms with Gasteiger partial charge in [-0.15, -0.1) is 0 Å². The van der Waals surface area contributed by atoms with Gasteiger partial charge in [0.05, 0.1) is 30.8 Å². The molecule has 2 aliphatic heterocycles. The van der Waals surface area contributed by atoms with Gasteiger partial charge in [-0.25, -0.2) is 9.36 Å². The second-order valence-corrected chi connectivity index (χ2v) is 10.9. The number of hydrogen-bond acceptors (Lipinski definition) is 10. The largest absolute Gasteiger partial charge is 0.475 e. The van der Waals surface area contributed by atoms with Crippen LogP contribution in [0.4, 0.5) is 0 Å². The number of aromatic amines is 1. The average Bonchev–Trinajstić information content (AvgIpc) is 3.06. The fourth-order valence-corrected chi connectivity index (χ4v) is 5.81.